The molecule has 5 rings (SSSR count). The standard InChI is InChI=1S/C25H30N2O3/c28-17-21-16-26(14-19-8-3-1-4-9-19)18-25(22-12-7-13-22)23(21)30-24(29)27(25)15-20-10-5-2-6-11-20/h1-6,8-11,21-23,28H,7,12-18H2/t21-,23+,25+/m0/s1. The zero-order chi connectivity index (χ0) is 20.6. The number of carbonyl (C=O) groups excluding carboxylic acids is 1. The van der Waals surface area contributed by atoms with Gasteiger partial charge in [-0.25, -0.2) is 4.79 Å². The molecule has 2 heterocycles. The first-order valence-electron chi connectivity index (χ1n) is 11.1. The van der Waals surface area contributed by atoms with Crippen LogP contribution in [0.15, 0.2) is 60.7 Å². The number of piperidine rings is 1. The molecule has 3 aliphatic rings. The predicted molar refractivity (Wildman–Crippen MR) is 115 cm³/mol. The number of hydrogen-bond acceptors (Lipinski definition) is 4. The van der Waals surface area contributed by atoms with Crippen LogP contribution >= 0.6 is 0 Å². The van der Waals surface area contributed by atoms with Crippen LogP contribution in [0.4, 0.5) is 4.79 Å². The van der Waals surface area contributed by atoms with Crippen molar-refractivity contribution in [3.8, 4) is 0 Å². The number of rotatable bonds is 6. The third kappa shape index (κ3) is 3.30. The van der Waals surface area contributed by atoms with Gasteiger partial charge < -0.3 is 9.84 Å². The summed E-state index contributed by atoms with van der Waals surface area (Å²) in [5, 5.41) is 10.2. The lowest BCUT2D eigenvalue weighted by Crippen LogP contribution is -2.69. The highest BCUT2D eigenvalue weighted by atomic mass is 16.6. The molecule has 1 amide bonds. The molecule has 3 fully saturated rings. The Labute approximate surface area is 178 Å². The van der Waals surface area contributed by atoms with Gasteiger partial charge >= 0.3 is 6.09 Å². The summed E-state index contributed by atoms with van der Waals surface area (Å²) in [5.74, 6) is 0.359. The molecule has 0 bridgehead atoms. The van der Waals surface area contributed by atoms with Crippen molar-refractivity contribution < 1.29 is 14.6 Å². The van der Waals surface area contributed by atoms with Crippen LogP contribution in [-0.2, 0) is 17.8 Å². The molecule has 30 heavy (non-hydrogen) atoms. The van der Waals surface area contributed by atoms with Crippen LogP contribution in [-0.4, -0.2) is 52.3 Å². The largest absolute Gasteiger partial charge is 0.443 e. The van der Waals surface area contributed by atoms with Crippen LogP contribution in [0.1, 0.15) is 30.4 Å². The minimum Gasteiger partial charge on any atom is -0.443 e. The molecule has 5 nitrogen and oxygen atoms in total. The predicted octanol–water partition coefficient (Wildman–Crippen LogP) is 3.67. The van der Waals surface area contributed by atoms with E-state index in [1.54, 1.807) is 0 Å². The average Bonchev–Trinajstić information content (AvgIpc) is 3.00. The highest BCUT2D eigenvalue weighted by molar-refractivity contribution is 5.72. The number of aliphatic hydroxyl groups excluding tert-OH is 1. The second-order valence-electron chi connectivity index (χ2n) is 9.09. The molecule has 0 radical (unpaired) electrons. The Balaban J connectivity index is 1.50. The van der Waals surface area contributed by atoms with Gasteiger partial charge in [0.25, 0.3) is 0 Å². The number of hydrogen-bond donors (Lipinski definition) is 1. The smallest absolute Gasteiger partial charge is 0.411 e. The monoisotopic (exact) mass is 406 g/mol. The molecule has 0 aromatic heterocycles. The second kappa shape index (κ2) is 8.05. The second-order valence-corrected chi connectivity index (χ2v) is 9.09. The van der Waals surface area contributed by atoms with Crippen molar-refractivity contribution in [1.82, 2.24) is 9.80 Å². The van der Waals surface area contributed by atoms with Gasteiger partial charge in [-0.15, -0.1) is 0 Å². The van der Waals surface area contributed by atoms with Crippen LogP contribution in [0.3, 0.4) is 0 Å². The van der Waals surface area contributed by atoms with Crippen molar-refractivity contribution >= 4 is 6.09 Å². The lowest BCUT2D eigenvalue weighted by Gasteiger charge is -2.55. The van der Waals surface area contributed by atoms with E-state index < -0.39 is 0 Å². The van der Waals surface area contributed by atoms with Gasteiger partial charge in [-0.2, -0.15) is 0 Å². The maximum atomic E-state index is 13.1. The van der Waals surface area contributed by atoms with Gasteiger partial charge in [-0.05, 0) is 29.9 Å². The number of likely N-dealkylation sites (tertiary alicyclic amines) is 1. The molecule has 2 aromatic carbocycles. The topological polar surface area (TPSA) is 53.0 Å². The maximum Gasteiger partial charge on any atom is 0.411 e. The molecular weight excluding hydrogens is 376 g/mol. The fourth-order valence-corrected chi connectivity index (χ4v) is 5.71. The van der Waals surface area contributed by atoms with Crippen molar-refractivity contribution in [2.45, 2.75) is 44.0 Å². The maximum absolute atomic E-state index is 13.1. The first kappa shape index (κ1) is 19.6. The average molecular weight is 407 g/mol. The Kier molecular flexibility index (Phi) is 5.25. The zero-order valence-corrected chi connectivity index (χ0v) is 17.3. The molecule has 1 aliphatic carbocycles. The Morgan fingerprint density at radius 2 is 1.60 bits per heavy atom. The Morgan fingerprint density at radius 3 is 2.17 bits per heavy atom. The van der Waals surface area contributed by atoms with E-state index in [4.69, 9.17) is 4.74 Å². The van der Waals surface area contributed by atoms with E-state index in [2.05, 4.69) is 41.3 Å². The van der Waals surface area contributed by atoms with E-state index in [1.807, 2.05) is 29.2 Å². The molecule has 158 valence electrons. The summed E-state index contributed by atoms with van der Waals surface area (Å²) in [6.07, 6.45) is 2.98. The molecule has 1 saturated carbocycles. The molecule has 5 heteroatoms. The van der Waals surface area contributed by atoms with E-state index in [-0.39, 0.29) is 30.3 Å². The van der Waals surface area contributed by atoms with E-state index in [1.165, 1.54) is 12.0 Å². The zero-order valence-electron chi connectivity index (χ0n) is 17.3. The summed E-state index contributed by atoms with van der Waals surface area (Å²) >= 11 is 0. The Hall–Kier alpha value is -2.37. The van der Waals surface area contributed by atoms with E-state index in [9.17, 15) is 9.90 Å². The molecule has 2 aromatic rings. The van der Waals surface area contributed by atoms with Gasteiger partial charge in [0.15, 0.2) is 0 Å². The van der Waals surface area contributed by atoms with Crippen LogP contribution in [0.2, 0.25) is 0 Å². The van der Waals surface area contributed by atoms with Gasteiger partial charge in [-0.1, -0.05) is 67.1 Å². The molecule has 2 saturated heterocycles. The van der Waals surface area contributed by atoms with Crippen LogP contribution < -0.4 is 0 Å². The Bertz CT molecular complexity index is 870. The van der Waals surface area contributed by atoms with Gasteiger partial charge in [-0.3, -0.25) is 9.80 Å². The number of ether oxygens (including phenoxy) is 1. The quantitative estimate of drug-likeness (QED) is 0.795. The summed E-state index contributed by atoms with van der Waals surface area (Å²) in [4.78, 5) is 17.5. The number of carbonyl (C=O) groups is 1. The fraction of sp³-hybridized carbons (Fsp3) is 0.480. The number of fused-ring (bicyclic) bond motifs is 1. The summed E-state index contributed by atoms with van der Waals surface area (Å²) in [7, 11) is 0. The summed E-state index contributed by atoms with van der Waals surface area (Å²) in [6, 6.07) is 20.6. The number of aliphatic hydroxyl groups is 1. The molecule has 0 unspecified atom stereocenters. The fourth-order valence-electron chi connectivity index (χ4n) is 5.71. The van der Waals surface area contributed by atoms with Gasteiger partial charge in [0.05, 0.1) is 12.1 Å². The minimum absolute atomic E-state index is 0.0386. The highest BCUT2D eigenvalue weighted by Crippen LogP contribution is 2.51. The van der Waals surface area contributed by atoms with Crippen molar-refractivity contribution in [3.63, 3.8) is 0 Å². The van der Waals surface area contributed by atoms with E-state index in [0.29, 0.717) is 12.5 Å². The normalized spacial score (nSPS) is 29.4. The van der Waals surface area contributed by atoms with Gasteiger partial charge in [0, 0.05) is 32.1 Å². The minimum atomic E-state index is -0.369. The number of benzene rings is 2. The van der Waals surface area contributed by atoms with Gasteiger partial charge in [0.1, 0.15) is 6.10 Å². The number of nitrogens with zero attached hydrogens (tertiary/aromatic N) is 2. The lowest BCUT2D eigenvalue weighted by atomic mass is 9.63. The van der Waals surface area contributed by atoms with Crippen LogP contribution in [0.25, 0.3) is 0 Å². The Morgan fingerprint density at radius 1 is 0.967 bits per heavy atom. The molecule has 2 aliphatic heterocycles. The molecular formula is C25H30N2O3. The van der Waals surface area contributed by atoms with Gasteiger partial charge in [0.2, 0.25) is 0 Å². The molecule has 0 spiro atoms. The summed E-state index contributed by atoms with van der Waals surface area (Å²) < 4.78 is 6.01. The van der Waals surface area contributed by atoms with Crippen molar-refractivity contribution in [3.05, 3.63) is 71.8 Å². The first-order valence-corrected chi connectivity index (χ1v) is 11.1. The molecule has 1 N–H and O–H groups in total. The third-order valence-electron chi connectivity index (χ3n) is 7.32. The lowest BCUT2D eigenvalue weighted by molar-refractivity contribution is -0.0964. The van der Waals surface area contributed by atoms with Crippen molar-refractivity contribution in [2.24, 2.45) is 11.8 Å². The highest BCUT2D eigenvalue weighted by Gasteiger charge is 2.64. The van der Waals surface area contributed by atoms with Crippen LogP contribution in [0, 0.1) is 11.8 Å². The van der Waals surface area contributed by atoms with Crippen molar-refractivity contribution in [2.75, 3.05) is 19.7 Å². The molecule has 3 atom stereocenters. The summed E-state index contributed by atoms with van der Waals surface area (Å²) in [6.45, 7) is 2.97. The van der Waals surface area contributed by atoms with E-state index >= 15 is 0 Å². The third-order valence-corrected chi connectivity index (χ3v) is 7.32. The number of amides is 1. The van der Waals surface area contributed by atoms with E-state index in [0.717, 1.165) is 38.0 Å². The van der Waals surface area contributed by atoms with Crippen molar-refractivity contribution in [1.29, 1.82) is 0 Å². The van der Waals surface area contributed by atoms with Crippen LogP contribution in [0.5, 0.6) is 0 Å². The SMILES string of the molecule is O=C1O[C@@H]2[C@H](CO)CN(Cc3ccccc3)C[C@]2(C2CCC2)N1Cc1ccccc1. The first-order chi connectivity index (χ1) is 14.7. The summed E-state index contributed by atoms with van der Waals surface area (Å²) in [5.41, 5.74) is 2.01.